The molecule has 0 bridgehead atoms. The van der Waals surface area contributed by atoms with Crippen LogP contribution in [0, 0.1) is 6.92 Å². The van der Waals surface area contributed by atoms with Gasteiger partial charge in [-0.2, -0.15) is 0 Å². The summed E-state index contributed by atoms with van der Waals surface area (Å²) >= 11 is 0. The Labute approximate surface area is 134 Å². The minimum atomic E-state index is 0.463. The molecule has 3 nitrogen and oxygen atoms in total. The molecule has 1 aromatic heterocycles. The zero-order valence-corrected chi connectivity index (χ0v) is 14.7. The van der Waals surface area contributed by atoms with Gasteiger partial charge in [-0.3, -0.25) is 0 Å². The van der Waals surface area contributed by atoms with Crippen LogP contribution in [0.5, 0.6) is 5.75 Å². The van der Waals surface area contributed by atoms with Crippen molar-refractivity contribution in [2.45, 2.75) is 60.0 Å². The monoisotopic (exact) mass is 302 g/mol. The SMILES string of the molecule is CCCNCc1c(C)n(C(C)C)c2ccc(OCCC)cc12. The number of rotatable bonds is 8. The number of ether oxygens (including phenoxy) is 1. The smallest absolute Gasteiger partial charge is 0.120 e. The lowest BCUT2D eigenvalue weighted by atomic mass is 10.1. The van der Waals surface area contributed by atoms with Crippen molar-refractivity contribution in [1.82, 2.24) is 9.88 Å². The number of hydrogen-bond donors (Lipinski definition) is 1. The number of aromatic nitrogens is 1. The Morgan fingerprint density at radius 1 is 1.18 bits per heavy atom. The molecule has 0 fully saturated rings. The molecule has 0 aliphatic rings. The maximum absolute atomic E-state index is 5.82. The van der Waals surface area contributed by atoms with Crippen LogP contribution in [-0.4, -0.2) is 17.7 Å². The van der Waals surface area contributed by atoms with Gasteiger partial charge < -0.3 is 14.6 Å². The molecule has 0 amide bonds. The topological polar surface area (TPSA) is 26.2 Å². The molecule has 0 aliphatic carbocycles. The average Bonchev–Trinajstić information content (AvgIpc) is 2.77. The molecule has 0 saturated carbocycles. The van der Waals surface area contributed by atoms with Crippen molar-refractivity contribution in [3.8, 4) is 5.75 Å². The van der Waals surface area contributed by atoms with Gasteiger partial charge in [0.1, 0.15) is 5.75 Å². The Hall–Kier alpha value is -1.48. The number of benzene rings is 1. The molecule has 0 atom stereocenters. The summed E-state index contributed by atoms with van der Waals surface area (Å²) in [5, 5.41) is 4.87. The molecule has 1 aromatic carbocycles. The molecule has 3 heteroatoms. The molecule has 2 rings (SSSR count). The Kier molecular flexibility index (Phi) is 5.90. The van der Waals surface area contributed by atoms with Gasteiger partial charge >= 0.3 is 0 Å². The van der Waals surface area contributed by atoms with Gasteiger partial charge in [-0.15, -0.1) is 0 Å². The number of nitrogens with zero attached hydrogens (tertiary/aromatic N) is 1. The summed E-state index contributed by atoms with van der Waals surface area (Å²) < 4.78 is 8.26. The van der Waals surface area contributed by atoms with Crippen molar-refractivity contribution in [3.05, 3.63) is 29.5 Å². The second-order valence-corrected chi connectivity index (χ2v) is 6.23. The third-order valence-electron chi connectivity index (χ3n) is 4.07. The largest absolute Gasteiger partial charge is 0.494 e. The van der Waals surface area contributed by atoms with E-state index in [9.17, 15) is 0 Å². The van der Waals surface area contributed by atoms with Gasteiger partial charge in [0.05, 0.1) is 6.61 Å². The molecule has 1 heterocycles. The fourth-order valence-electron chi connectivity index (χ4n) is 3.08. The Morgan fingerprint density at radius 2 is 1.95 bits per heavy atom. The van der Waals surface area contributed by atoms with Crippen LogP contribution in [-0.2, 0) is 6.54 Å². The summed E-state index contributed by atoms with van der Waals surface area (Å²) in [6.45, 7) is 13.8. The van der Waals surface area contributed by atoms with Crippen LogP contribution >= 0.6 is 0 Å². The fraction of sp³-hybridized carbons (Fsp3) is 0.579. The second-order valence-electron chi connectivity index (χ2n) is 6.23. The van der Waals surface area contributed by atoms with E-state index in [4.69, 9.17) is 4.74 Å². The molecule has 0 radical (unpaired) electrons. The van der Waals surface area contributed by atoms with Gasteiger partial charge in [0.15, 0.2) is 0 Å². The lowest BCUT2D eigenvalue weighted by molar-refractivity contribution is 0.318. The van der Waals surface area contributed by atoms with E-state index in [1.165, 1.54) is 22.2 Å². The quantitative estimate of drug-likeness (QED) is 0.708. The number of hydrogen-bond acceptors (Lipinski definition) is 2. The number of fused-ring (bicyclic) bond motifs is 1. The highest BCUT2D eigenvalue weighted by Crippen LogP contribution is 2.31. The molecule has 0 saturated heterocycles. The minimum Gasteiger partial charge on any atom is -0.494 e. The third kappa shape index (κ3) is 3.46. The first kappa shape index (κ1) is 16.9. The van der Waals surface area contributed by atoms with Crippen LogP contribution in [0.15, 0.2) is 18.2 Å². The molecular weight excluding hydrogens is 272 g/mol. The van der Waals surface area contributed by atoms with Gasteiger partial charge in [0, 0.05) is 29.2 Å². The van der Waals surface area contributed by atoms with Crippen LogP contribution in [0.4, 0.5) is 0 Å². The predicted octanol–water partition coefficient (Wildman–Crippen LogP) is 4.82. The Morgan fingerprint density at radius 3 is 2.59 bits per heavy atom. The lowest BCUT2D eigenvalue weighted by Crippen LogP contribution is -2.14. The van der Waals surface area contributed by atoms with E-state index in [1.807, 2.05) is 0 Å². The summed E-state index contributed by atoms with van der Waals surface area (Å²) in [7, 11) is 0. The van der Waals surface area contributed by atoms with Gasteiger partial charge in [0.2, 0.25) is 0 Å². The highest BCUT2D eigenvalue weighted by molar-refractivity contribution is 5.87. The average molecular weight is 302 g/mol. The van der Waals surface area contributed by atoms with E-state index in [1.54, 1.807) is 0 Å². The van der Waals surface area contributed by atoms with Crippen molar-refractivity contribution < 1.29 is 4.74 Å². The second kappa shape index (κ2) is 7.68. The molecule has 1 N–H and O–H groups in total. The molecule has 22 heavy (non-hydrogen) atoms. The maximum Gasteiger partial charge on any atom is 0.120 e. The molecule has 0 spiro atoms. The zero-order chi connectivity index (χ0) is 16.1. The Bertz CT molecular complexity index is 613. The fourth-order valence-corrected chi connectivity index (χ4v) is 3.08. The molecule has 122 valence electrons. The first-order valence-corrected chi connectivity index (χ1v) is 8.57. The summed E-state index contributed by atoms with van der Waals surface area (Å²) in [5.41, 5.74) is 4.07. The summed E-state index contributed by atoms with van der Waals surface area (Å²) in [6.07, 6.45) is 2.20. The van der Waals surface area contributed by atoms with Crippen molar-refractivity contribution in [1.29, 1.82) is 0 Å². The van der Waals surface area contributed by atoms with Gasteiger partial charge in [-0.05, 0) is 63.9 Å². The molecular formula is C19H30N2O. The molecule has 0 unspecified atom stereocenters. The first-order valence-electron chi connectivity index (χ1n) is 8.57. The van der Waals surface area contributed by atoms with E-state index in [0.717, 1.165) is 38.3 Å². The van der Waals surface area contributed by atoms with Crippen LogP contribution in [0.25, 0.3) is 10.9 Å². The zero-order valence-electron chi connectivity index (χ0n) is 14.7. The van der Waals surface area contributed by atoms with E-state index in [2.05, 4.69) is 62.7 Å². The van der Waals surface area contributed by atoms with E-state index in [-0.39, 0.29) is 0 Å². The summed E-state index contributed by atoms with van der Waals surface area (Å²) in [5.74, 6) is 0.979. The van der Waals surface area contributed by atoms with Crippen molar-refractivity contribution in [3.63, 3.8) is 0 Å². The molecule has 2 aromatic rings. The molecule has 0 aliphatic heterocycles. The maximum atomic E-state index is 5.82. The van der Waals surface area contributed by atoms with Crippen LogP contribution in [0.2, 0.25) is 0 Å². The van der Waals surface area contributed by atoms with Gasteiger partial charge in [0.25, 0.3) is 0 Å². The first-order chi connectivity index (χ1) is 10.6. The van der Waals surface area contributed by atoms with Crippen molar-refractivity contribution in [2.24, 2.45) is 0 Å². The van der Waals surface area contributed by atoms with Crippen LogP contribution in [0.3, 0.4) is 0 Å². The highest BCUT2D eigenvalue weighted by Gasteiger charge is 2.16. The van der Waals surface area contributed by atoms with Crippen molar-refractivity contribution >= 4 is 10.9 Å². The summed E-state index contributed by atoms with van der Waals surface area (Å²) in [4.78, 5) is 0. The van der Waals surface area contributed by atoms with E-state index < -0.39 is 0 Å². The van der Waals surface area contributed by atoms with E-state index >= 15 is 0 Å². The highest BCUT2D eigenvalue weighted by atomic mass is 16.5. The van der Waals surface area contributed by atoms with Crippen LogP contribution in [0.1, 0.15) is 57.8 Å². The standard InChI is InChI=1S/C19H30N2O/c1-6-10-20-13-18-15(5)21(14(3)4)19-9-8-16(12-17(18)19)22-11-7-2/h8-9,12,14,20H,6-7,10-11,13H2,1-5H3. The van der Waals surface area contributed by atoms with Crippen molar-refractivity contribution in [2.75, 3.05) is 13.2 Å². The van der Waals surface area contributed by atoms with Crippen LogP contribution < -0.4 is 10.1 Å². The predicted molar refractivity (Wildman–Crippen MR) is 94.8 cm³/mol. The normalized spacial score (nSPS) is 11.5. The third-order valence-corrected chi connectivity index (χ3v) is 4.07. The summed E-state index contributed by atoms with van der Waals surface area (Å²) in [6, 6.07) is 6.97. The van der Waals surface area contributed by atoms with Gasteiger partial charge in [-0.25, -0.2) is 0 Å². The number of nitrogens with one attached hydrogen (secondary N) is 1. The Balaban J connectivity index is 2.46. The van der Waals surface area contributed by atoms with Gasteiger partial charge in [-0.1, -0.05) is 13.8 Å². The van der Waals surface area contributed by atoms with E-state index in [0.29, 0.717) is 6.04 Å². The minimum absolute atomic E-state index is 0.463. The lowest BCUT2D eigenvalue weighted by Gasteiger charge is -2.13.